The first kappa shape index (κ1) is 18.7. The monoisotopic (exact) mass is 381 g/mol. The van der Waals surface area contributed by atoms with Gasteiger partial charge in [0.1, 0.15) is 5.56 Å². The van der Waals surface area contributed by atoms with Crippen molar-refractivity contribution in [2.24, 2.45) is 0 Å². The Kier molecular flexibility index (Phi) is 4.64. The average molecular weight is 381 g/mol. The molecule has 8 heteroatoms. The van der Waals surface area contributed by atoms with E-state index < -0.39 is 28.7 Å². The molecule has 2 aromatic carbocycles. The summed E-state index contributed by atoms with van der Waals surface area (Å²) in [6.45, 7) is 0. The van der Waals surface area contributed by atoms with Crippen molar-refractivity contribution in [3.05, 3.63) is 75.6 Å². The highest BCUT2D eigenvalue weighted by Gasteiger charge is 2.40. The number of benzene rings is 2. The van der Waals surface area contributed by atoms with E-state index in [1.54, 1.807) is 0 Å². The number of H-pyrrole nitrogens is 1. The van der Waals surface area contributed by atoms with Crippen LogP contribution in [0.1, 0.15) is 16.7 Å². The minimum atomic E-state index is -4.99. The second-order valence-electron chi connectivity index (χ2n) is 5.81. The highest BCUT2D eigenvalue weighted by Crippen LogP contribution is 2.44. The van der Waals surface area contributed by atoms with Gasteiger partial charge < -0.3 is 5.11 Å². The van der Waals surface area contributed by atoms with Gasteiger partial charge in [-0.05, 0) is 35.4 Å². The van der Waals surface area contributed by atoms with Crippen LogP contribution in [0.2, 0.25) is 0 Å². The highest BCUT2D eigenvalue weighted by molar-refractivity contribution is 5.87. The van der Waals surface area contributed by atoms with E-state index in [1.165, 1.54) is 48.5 Å². The maximum Gasteiger partial charge on any atom is 0.422 e. The van der Waals surface area contributed by atoms with E-state index in [0.717, 1.165) is 0 Å². The third-order valence-electron chi connectivity index (χ3n) is 4.04. The largest absolute Gasteiger partial charge is 0.494 e. The molecule has 0 aliphatic carbocycles. The van der Waals surface area contributed by atoms with E-state index in [0.29, 0.717) is 0 Å². The Morgan fingerprint density at radius 1 is 0.893 bits per heavy atom. The third-order valence-corrected chi connectivity index (χ3v) is 4.04. The molecule has 28 heavy (non-hydrogen) atoms. The van der Waals surface area contributed by atoms with E-state index in [4.69, 9.17) is 10.5 Å². The molecule has 5 nitrogen and oxygen atoms in total. The number of aromatic amines is 1. The van der Waals surface area contributed by atoms with Crippen molar-refractivity contribution in [2.45, 2.75) is 6.18 Å². The average Bonchev–Trinajstić information content (AvgIpc) is 2.66. The van der Waals surface area contributed by atoms with Crippen LogP contribution in [0.3, 0.4) is 0 Å². The van der Waals surface area contributed by atoms with Gasteiger partial charge >= 0.3 is 6.18 Å². The fourth-order valence-electron chi connectivity index (χ4n) is 2.92. The van der Waals surface area contributed by atoms with Crippen LogP contribution in [0.4, 0.5) is 13.2 Å². The van der Waals surface area contributed by atoms with Gasteiger partial charge in [-0.1, -0.05) is 24.3 Å². The first-order valence-corrected chi connectivity index (χ1v) is 7.83. The molecule has 0 aliphatic rings. The number of pyridine rings is 1. The Hall–Kier alpha value is -4.04. The predicted octanol–water partition coefficient (Wildman–Crippen LogP) is 4.18. The number of aromatic nitrogens is 1. The van der Waals surface area contributed by atoms with Gasteiger partial charge in [0.2, 0.25) is 5.88 Å². The number of aromatic hydroxyl groups is 1. The summed E-state index contributed by atoms with van der Waals surface area (Å²) in [5, 5.41) is 28.0. The Labute approximate surface area is 156 Å². The van der Waals surface area contributed by atoms with Crippen LogP contribution >= 0.6 is 0 Å². The van der Waals surface area contributed by atoms with Crippen molar-refractivity contribution in [1.82, 2.24) is 4.98 Å². The lowest BCUT2D eigenvalue weighted by atomic mass is 9.90. The highest BCUT2D eigenvalue weighted by atomic mass is 19.4. The first-order chi connectivity index (χ1) is 13.3. The molecule has 3 rings (SSSR count). The van der Waals surface area contributed by atoms with Gasteiger partial charge in [-0.2, -0.15) is 23.7 Å². The van der Waals surface area contributed by atoms with Crippen LogP contribution in [-0.2, 0) is 6.18 Å². The Morgan fingerprint density at radius 2 is 1.39 bits per heavy atom. The minimum Gasteiger partial charge on any atom is -0.494 e. The van der Waals surface area contributed by atoms with E-state index in [2.05, 4.69) is 0 Å². The van der Waals surface area contributed by atoms with Gasteiger partial charge in [0.25, 0.3) is 5.56 Å². The van der Waals surface area contributed by atoms with Gasteiger partial charge in [-0.3, -0.25) is 9.78 Å². The lowest BCUT2D eigenvalue weighted by Crippen LogP contribution is -2.18. The Bertz CT molecular complexity index is 1220. The van der Waals surface area contributed by atoms with Crippen molar-refractivity contribution >= 4 is 0 Å². The van der Waals surface area contributed by atoms with Gasteiger partial charge in [-0.15, -0.1) is 0 Å². The summed E-state index contributed by atoms with van der Waals surface area (Å²) in [5.74, 6) is -1.32. The van der Waals surface area contributed by atoms with Gasteiger partial charge in [0.15, 0.2) is 0 Å². The minimum absolute atomic E-state index is 0.0647. The third kappa shape index (κ3) is 3.31. The number of alkyl halides is 3. The van der Waals surface area contributed by atoms with E-state index >= 15 is 0 Å². The Balaban J connectivity index is 2.51. The summed E-state index contributed by atoms with van der Waals surface area (Å²) in [5.41, 5.74) is -3.08. The predicted molar refractivity (Wildman–Crippen MR) is 94.0 cm³/mol. The maximum atomic E-state index is 13.8. The number of nitrogens with zero attached hydrogens (tertiary/aromatic N) is 2. The van der Waals surface area contributed by atoms with Crippen molar-refractivity contribution in [1.29, 1.82) is 10.5 Å². The summed E-state index contributed by atoms with van der Waals surface area (Å²) in [4.78, 5) is 14.4. The van der Waals surface area contributed by atoms with Crippen LogP contribution in [-0.4, -0.2) is 10.1 Å². The number of halogens is 3. The van der Waals surface area contributed by atoms with E-state index in [1.807, 2.05) is 17.1 Å². The summed E-state index contributed by atoms with van der Waals surface area (Å²) >= 11 is 0. The molecule has 0 atom stereocenters. The van der Waals surface area contributed by atoms with E-state index in [-0.39, 0.29) is 27.8 Å². The molecule has 0 amide bonds. The molecule has 0 fully saturated rings. The molecular formula is C20H10F3N3O2. The van der Waals surface area contributed by atoms with E-state index in [9.17, 15) is 23.1 Å². The molecule has 3 aromatic rings. The zero-order valence-corrected chi connectivity index (χ0v) is 14.0. The molecule has 1 aromatic heterocycles. The van der Waals surface area contributed by atoms with Gasteiger partial charge in [0.05, 0.1) is 28.8 Å². The molecular weight excluding hydrogens is 371 g/mol. The molecule has 0 unspecified atom stereocenters. The number of hydrogen-bond donors (Lipinski definition) is 2. The van der Waals surface area contributed by atoms with Gasteiger partial charge in [-0.25, -0.2) is 0 Å². The number of nitriles is 2. The second kappa shape index (κ2) is 6.93. The van der Waals surface area contributed by atoms with Crippen LogP contribution in [0.25, 0.3) is 22.3 Å². The van der Waals surface area contributed by atoms with Crippen LogP contribution in [0.15, 0.2) is 53.3 Å². The molecule has 1 heterocycles. The number of rotatable bonds is 2. The van der Waals surface area contributed by atoms with Crippen molar-refractivity contribution in [3.8, 4) is 40.3 Å². The topological polar surface area (TPSA) is 101 Å². The first-order valence-electron chi connectivity index (χ1n) is 7.83. The van der Waals surface area contributed by atoms with Crippen LogP contribution < -0.4 is 5.56 Å². The van der Waals surface area contributed by atoms with Crippen LogP contribution in [0.5, 0.6) is 5.88 Å². The molecule has 0 saturated heterocycles. The molecule has 138 valence electrons. The molecule has 0 radical (unpaired) electrons. The lowest BCUT2D eigenvalue weighted by molar-refractivity contribution is -0.138. The van der Waals surface area contributed by atoms with Crippen LogP contribution in [0, 0.1) is 22.7 Å². The quantitative estimate of drug-likeness (QED) is 0.695. The summed E-state index contributed by atoms with van der Waals surface area (Å²) in [6.07, 6.45) is -4.99. The fraction of sp³-hybridized carbons (Fsp3) is 0.0500. The normalized spacial score (nSPS) is 10.9. The molecule has 0 aliphatic heterocycles. The SMILES string of the molecule is N#Cc1cccc(-c2c(C(F)(F)F)c(O)[nH]c(=O)c2-c2cccc(C#N)c2)c1. The lowest BCUT2D eigenvalue weighted by Gasteiger charge is -2.18. The standard InChI is InChI=1S/C20H10F3N3O2/c21-20(22,23)17-15(13-5-1-3-11(7-13)9-24)16(18(27)26-19(17)28)14-6-2-4-12(8-14)10-25/h1-8H,(H2,26,27,28). The summed E-state index contributed by atoms with van der Waals surface area (Å²) in [6, 6.07) is 14.5. The summed E-state index contributed by atoms with van der Waals surface area (Å²) < 4.78 is 41.3. The van der Waals surface area contributed by atoms with Crippen molar-refractivity contribution < 1.29 is 18.3 Å². The summed E-state index contributed by atoms with van der Waals surface area (Å²) in [7, 11) is 0. The second-order valence-corrected chi connectivity index (χ2v) is 5.81. The van der Waals surface area contributed by atoms with Crippen molar-refractivity contribution in [3.63, 3.8) is 0 Å². The maximum absolute atomic E-state index is 13.8. The zero-order chi connectivity index (χ0) is 20.5. The molecule has 0 bridgehead atoms. The van der Waals surface area contributed by atoms with Gasteiger partial charge in [0, 0.05) is 5.56 Å². The Morgan fingerprint density at radius 3 is 1.86 bits per heavy atom. The molecule has 2 N–H and O–H groups in total. The fourth-order valence-corrected chi connectivity index (χ4v) is 2.92. The van der Waals surface area contributed by atoms with Crippen molar-refractivity contribution in [2.75, 3.05) is 0 Å². The number of nitrogens with one attached hydrogen (secondary N) is 1. The molecule has 0 saturated carbocycles. The number of hydrogen-bond acceptors (Lipinski definition) is 4. The smallest absolute Gasteiger partial charge is 0.422 e. The zero-order valence-electron chi connectivity index (χ0n) is 14.0. The molecule has 0 spiro atoms.